The molecule has 1 aliphatic rings. The van der Waals surface area contributed by atoms with Gasteiger partial charge in [0, 0.05) is 34.9 Å². The second-order valence-electron chi connectivity index (χ2n) is 6.55. The van der Waals surface area contributed by atoms with Gasteiger partial charge in [-0.3, -0.25) is 4.90 Å². The molecular weight excluding hydrogens is 264 g/mol. The summed E-state index contributed by atoms with van der Waals surface area (Å²) in [6, 6.07) is 6.18. The third kappa shape index (κ3) is 4.31. The highest BCUT2D eigenvalue weighted by molar-refractivity contribution is 7.11. The number of likely N-dealkylation sites (tertiary alicyclic amines) is 1. The summed E-state index contributed by atoms with van der Waals surface area (Å²) in [5, 5.41) is 3.53. The Morgan fingerprint density at radius 3 is 2.75 bits per heavy atom. The SMILES string of the molecule is CCC1CCC(C)N1Cc1ccc(CNCC(C)C)s1. The van der Waals surface area contributed by atoms with Gasteiger partial charge in [-0.25, -0.2) is 0 Å². The predicted molar refractivity (Wildman–Crippen MR) is 89.2 cm³/mol. The van der Waals surface area contributed by atoms with Crippen LogP contribution in [0.4, 0.5) is 0 Å². The smallest absolute Gasteiger partial charge is 0.0333 e. The van der Waals surface area contributed by atoms with E-state index < -0.39 is 0 Å². The zero-order valence-corrected chi connectivity index (χ0v) is 14.3. The highest BCUT2D eigenvalue weighted by atomic mass is 32.1. The van der Waals surface area contributed by atoms with Crippen LogP contribution in [0.5, 0.6) is 0 Å². The van der Waals surface area contributed by atoms with Crippen LogP contribution in [0.25, 0.3) is 0 Å². The quantitative estimate of drug-likeness (QED) is 0.808. The molecule has 1 aliphatic heterocycles. The average molecular weight is 295 g/mol. The Morgan fingerprint density at radius 1 is 1.30 bits per heavy atom. The van der Waals surface area contributed by atoms with Gasteiger partial charge in [0.1, 0.15) is 0 Å². The number of hydrogen-bond donors (Lipinski definition) is 1. The summed E-state index contributed by atoms with van der Waals surface area (Å²) >= 11 is 1.98. The Hall–Kier alpha value is -0.380. The van der Waals surface area contributed by atoms with Gasteiger partial charge in [-0.15, -0.1) is 11.3 Å². The second-order valence-corrected chi connectivity index (χ2v) is 7.81. The van der Waals surface area contributed by atoms with Gasteiger partial charge in [0.15, 0.2) is 0 Å². The summed E-state index contributed by atoms with van der Waals surface area (Å²) in [6.45, 7) is 12.5. The molecule has 20 heavy (non-hydrogen) atoms. The van der Waals surface area contributed by atoms with Crippen LogP contribution in [0.2, 0.25) is 0 Å². The molecule has 0 bridgehead atoms. The Morgan fingerprint density at radius 2 is 2.05 bits per heavy atom. The highest BCUT2D eigenvalue weighted by Crippen LogP contribution is 2.29. The Bertz CT molecular complexity index is 399. The molecule has 0 aromatic carbocycles. The zero-order chi connectivity index (χ0) is 14.5. The van der Waals surface area contributed by atoms with E-state index in [9.17, 15) is 0 Å². The van der Waals surface area contributed by atoms with Crippen molar-refractivity contribution >= 4 is 11.3 Å². The molecule has 1 fully saturated rings. The molecule has 0 radical (unpaired) electrons. The molecule has 2 unspecified atom stereocenters. The molecule has 3 heteroatoms. The zero-order valence-electron chi connectivity index (χ0n) is 13.5. The third-order valence-corrected chi connectivity index (χ3v) is 5.40. The lowest BCUT2D eigenvalue weighted by Gasteiger charge is -2.27. The van der Waals surface area contributed by atoms with E-state index in [1.165, 1.54) is 29.0 Å². The van der Waals surface area contributed by atoms with Crippen LogP contribution in [-0.4, -0.2) is 23.5 Å². The maximum Gasteiger partial charge on any atom is 0.0333 e. The number of hydrogen-bond acceptors (Lipinski definition) is 3. The van der Waals surface area contributed by atoms with Crippen molar-refractivity contribution in [3.05, 3.63) is 21.9 Å². The minimum atomic E-state index is 0.727. The van der Waals surface area contributed by atoms with E-state index in [1.54, 1.807) is 0 Å². The summed E-state index contributed by atoms with van der Waals surface area (Å²) in [5.41, 5.74) is 0. The molecule has 2 heterocycles. The van der Waals surface area contributed by atoms with Crippen molar-refractivity contribution in [1.29, 1.82) is 0 Å². The van der Waals surface area contributed by atoms with E-state index in [1.807, 2.05) is 11.3 Å². The van der Waals surface area contributed by atoms with E-state index in [-0.39, 0.29) is 0 Å². The van der Waals surface area contributed by atoms with Crippen molar-refractivity contribution < 1.29 is 0 Å². The first kappa shape index (κ1) is 16.0. The summed E-state index contributed by atoms with van der Waals surface area (Å²) in [5.74, 6) is 0.727. The van der Waals surface area contributed by atoms with Gasteiger partial charge >= 0.3 is 0 Å². The minimum Gasteiger partial charge on any atom is -0.312 e. The lowest BCUT2D eigenvalue weighted by molar-refractivity contribution is 0.191. The fourth-order valence-electron chi connectivity index (χ4n) is 3.11. The molecule has 1 saturated heterocycles. The van der Waals surface area contributed by atoms with Crippen LogP contribution in [0.15, 0.2) is 12.1 Å². The third-order valence-electron chi connectivity index (χ3n) is 4.33. The fraction of sp³-hybridized carbons (Fsp3) is 0.765. The maximum absolute atomic E-state index is 3.53. The van der Waals surface area contributed by atoms with Crippen LogP contribution in [0, 0.1) is 5.92 Å². The molecule has 1 aromatic rings. The molecule has 2 nitrogen and oxygen atoms in total. The molecule has 1 N–H and O–H groups in total. The van der Waals surface area contributed by atoms with Gasteiger partial charge in [-0.2, -0.15) is 0 Å². The topological polar surface area (TPSA) is 15.3 Å². The fourth-order valence-corrected chi connectivity index (χ4v) is 4.11. The molecular formula is C17H30N2S. The van der Waals surface area contributed by atoms with Gasteiger partial charge in [0.2, 0.25) is 0 Å². The van der Waals surface area contributed by atoms with Gasteiger partial charge in [-0.05, 0) is 50.8 Å². The molecule has 2 rings (SSSR count). The van der Waals surface area contributed by atoms with Crippen LogP contribution in [0.3, 0.4) is 0 Å². The first-order chi connectivity index (χ1) is 9.60. The predicted octanol–water partition coefficient (Wildman–Crippen LogP) is 4.26. The number of rotatable bonds is 7. The molecule has 2 atom stereocenters. The van der Waals surface area contributed by atoms with Crippen LogP contribution in [-0.2, 0) is 13.1 Å². The van der Waals surface area contributed by atoms with Gasteiger partial charge in [0.25, 0.3) is 0 Å². The van der Waals surface area contributed by atoms with Crippen LogP contribution < -0.4 is 5.32 Å². The van der Waals surface area contributed by atoms with E-state index in [0.717, 1.165) is 37.6 Å². The van der Waals surface area contributed by atoms with Crippen molar-refractivity contribution in [1.82, 2.24) is 10.2 Å². The highest BCUT2D eigenvalue weighted by Gasteiger charge is 2.29. The Labute approximate surface area is 128 Å². The Kier molecular flexibility index (Phi) is 6.06. The van der Waals surface area contributed by atoms with E-state index in [4.69, 9.17) is 0 Å². The monoisotopic (exact) mass is 294 g/mol. The van der Waals surface area contributed by atoms with Crippen LogP contribution >= 0.6 is 11.3 Å². The second kappa shape index (κ2) is 7.58. The lowest BCUT2D eigenvalue weighted by atomic mass is 10.1. The average Bonchev–Trinajstić information content (AvgIpc) is 2.98. The normalized spacial score (nSPS) is 23.9. The van der Waals surface area contributed by atoms with Crippen LogP contribution in [0.1, 0.15) is 56.7 Å². The van der Waals surface area contributed by atoms with Gasteiger partial charge < -0.3 is 5.32 Å². The standard InChI is InChI=1S/C17H30N2S/c1-5-15-7-6-14(4)19(15)12-17-9-8-16(20-17)11-18-10-13(2)3/h8-9,13-15,18H,5-7,10-12H2,1-4H3. The van der Waals surface area contributed by atoms with Crippen molar-refractivity contribution in [2.75, 3.05) is 6.54 Å². The summed E-state index contributed by atoms with van der Waals surface area (Å²) in [4.78, 5) is 5.70. The van der Waals surface area contributed by atoms with Crippen molar-refractivity contribution in [3.63, 3.8) is 0 Å². The minimum absolute atomic E-state index is 0.727. The summed E-state index contributed by atoms with van der Waals surface area (Å²) < 4.78 is 0. The van der Waals surface area contributed by atoms with Crippen molar-refractivity contribution in [3.8, 4) is 0 Å². The summed E-state index contributed by atoms with van der Waals surface area (Å²) in [6.07, 6.45) is 4.04. The Balaban J connectivity index is 1.85. The lowest BCUT2D eigenvalue weighted by Crippen LogP contribution is -2.33. The number of thiophene rings is 1. The van der Waals surface area contributed by atoms with E-state index in [0.29, 0.717) is 0 Å². The first-order valence-corrected chi connectivity index (χ1v) is 8.95. The van der Waals surface area contributed by atoms with E-state index in [2.05, 4.69) is 50.0 Å². The van der Waals surface area contributed by atoms with E-state index >= 15 is 0 Å². The molecule has 114 valence electrons. The molecule has 0 amide bonds. The van der Waals surface area contributed by atoms with Crippen molar-refractivity contribution in [2.45, 2.75) is 72.1 Å². The molecule has 0 aliphatic carbocycles. The first-order valence-electron chi connectivity index (χ1n) is 8.14. The largest absolute Gasteiger partial charge is 0.312 e. The molecule has 0 spiro atoms. The van der Waals surface area contributed by atoms with Gasteiger partial charge in [-0.1, -0.05) is 20.8 Å². The molecule has 0 saturated carbocycles. The maximum atomic E-state index is 3.53. The number of nitrogens with one attached hydrogen (secondary N) is 1. The summed E-state index contributed by atoms with van der Waals surface area (Å²) in [7, 11) is 0. The van der Waals surface area contributed by atoms with Gasteiger partial charge in [0.05, 0.1) is 0 Å². The number of nitrogens with zero attached hydrogens (tertiary/aromatic N) is 1. The van der Waals surface area contributed by atoms with Crippen molar-refractivity contribution in [2.24, 2.45) is 5.92 Å². The molecule has 1 aromatic heterocycles.